The summed E-state index contributed by atoms with van der Waals surface area (Å²) in [5.74, 6) is -0.693. The van der Waals surface area contributed by atoms with E-state index in [1.165, 1.54) is 24.4 Å². The molecule has 0 saturated heterocycles. The Morgan fingerprint density at radius 1 is 1.09 bits per heavy atom. The van der Waals surface area contributed by atoms with E-state index in [1.807, 2.05) is 0 Å². The first-order chi connectivity index (χ1) is 11.0. The number of aromatic nitrogens is 2. The second-order valence-electron chi connectivity index (χ2n) is 5.04. The molecular weight excluding hydrogens is 320 g/mol. The van der Waals surface area contributed by atoms with Crippen LogP contribution in [0.4, 0.5) is 14.6 Å². The van der Waals surface area contributed by atoms with Crippen molar-refractivity contribution in [1.82, 2.24) is 9.97 Å². The topological polar surface area (TPSA) is 51.8 Å². The molecule has 0 unspecified atom stereocenters. The number of halogens is 3. The lowest BCUT2D eigenvalue weighted by Gasteiger charge is -2.11. The average Bonchev–Trinajstić information content (AvgIpc) is 2.52. The highest BCUT2D eigenvalue weighted by atomic mass is 35.5. The molecule has 0 fully saturated rings. The Morgan fingerprint density at radius 2 is 1.91 bits per heavy atom. The predicted octanol–water partition coefficient (Wildman–Crippen LogP) is 4.25. The largest absolute Gasteiger partial charge is 0.384 e. The van der Waals surface area contributed by atoms with Crippen LogP contribution in [0.15, 0.2) is 48.7 Å². The number of benzene rings is 1. The molecule has 0 radical (unpaired) electrons. The Balaban J connectivity index is 2.10. The maximum absolute atomic E-state index is 13.5. The van der Waals surface area contributed by atoms with Crippen LogP contribution in [0.5, 0.6) is 0 Å². The number of rotatable bonds is 3. The van der Waals surface area contributed by atoms with Gasteiger partial charge in [-0.25, -0.2) is 14.4 Å². The number of hydrogen-bond donors (Lipinski definition) is 1. The second-order valence-corrected chi connectivity index (χ2v) is 5.44. The lowest BCUT2D eigenvalue weighted by molar-refractivity contribution is 0.584. The number of nitrogen functional groups attached to an aromatic ring is 1. The van der Waals surface area contributed by atoms with E-state index in [1.54, 1.807) is 24.3 Å². The van der Waals surface area contributed by atoms with Gasteiger partial charge >= 0.3 is 0 Å². The van der Waals surface area contributed by atoms with Gasteiger partial charge in [0.25, 0.3) is 0 Å². The van der Waals surface area contributed by atoms with Gasteiger partial charge in [-0.2, -0.15) is 4.39 Å². The molecule has 2 aromatic heterocycles. The minimum Gasteiger partial charge on any atom is -0.384 e. The van der Waals surface area contributed by atoms with Gasteiger partial charge in [-0.1, -0.05) is 29.8 Å². The van der Waals surface area contributed by atoms with Gasteiger partial charge in [0, 0.05) is 17.8 Å². The first-order valence-corrected chi connectivity index (χ1v) is 7.22. The van der Waals surface area contributed by atoms with Gasteiger partial charge in [0.1, 0.15) is 11.6 Å². The molecule has 0 saturated carbocycles. The third kappa shape index (κ3) is 3.46. The SMILES string of the molecule is Nc1ccc(Cc2cccc(F)c2)c(-c2cc(F)ncc2Cl)n1. The van der Waals surface area contributed by atoms with E-state index in [-0.39, 0.29) is 16.7 Å². The molecular formula is C17H12ClF2N3. The normalized spacial score (nSPS) is 10.7. The summed E-state index contributed by atoms with van der Waals surface area (Å²) in [5, 5.41) is 0.269. The van der Waals surface area contributed by atoms with E-state index >= 15 is 0 Å². The van der Waals surface area contributed by atoms with Crippen LogP contribution in [0.3, 0.4) is 0 Å². The monoisotopic (exact) mass is 331 g/mol. The van der Waals surface area contributed by atoms with Crippen molar-refractivity contribution in [1.29, 1.82) is 0 Å². The highest BCUT2D eigenvalue weighted by Crippen LogP contribution is 2.31. The van der Waals surface area contributed by atoms with Gasteiger partial charge in [-0.05, 0) is 35.7 Å². The van der Waals surface area contributed by atoms with Crippen molar-refractivity contribution in [3.8, 4) is 11.3 Å². The van der Waals surface area contributed by atoms with Crippen LogP contribution in [0.25, 0.3) is 11.3 Å². The zero-order chi connectivity index (χ0) is 16.4. The van der Waals surface area contributed by atoms with Crippen LogP contribution in [-0.2, 0) is 6.42 Å². The third-order valence-corrected chi connectivity index (χ3v) is 3.66. The summed E-state index contributed by atoms with van der Waals surface area (Å²) < 4.78 is 26.8. The molecule has 0 aliphatic rings. The van der Waals surface area contributed by atoms with Gasteiger partial charge < -0.3 is 5.73 Å². The van der Waals surface area contributed by atoms with Gasteiger partial charge in [0.15, 0.2) is 0 Å². The number of anilines is 1. The zero-order valence-electron chi connectivity index (χ0n) is 11.9. The van der Waals surface area contributed by atoms with Crippen LogP contribution in [0.2, 0.25) is 5.02 Å². The summed E-state index contributed by atoms with van der Waals surface area (Å²) in [6.45, 7) is 0. The van der Waals surface area contributed by atoms with E-state index in [9.17, 15) is 8.78 Å². The van der Waals surface area contributed by atoms with Crippen molar-refractivity contribution in [3.05, 3.63) is 76.6 Å². The molecule has 116 valence electrons. The molecule has 0 bridgehead atoms. The van der Waals surface area contributed by atoms with Crippen molar-refractivity contribution in [2.24, 2.45) is 0 Å². The predicted molar refractivity (Wildman–Crippen MR) is 86.1 cm³/mol. The van der Waals surface area contributed by atoms with Crippen molar-refractivity contribution in [2.75, 3.05) is 5.73 Å². The van der Waals surface area contributed by atoms with Crippen molar-refractivity contribution < 1.29 is 8.78 Å². The number of hydrogen-bond acceptors (Lipinski definition) is 3. The van der Waals surface area contributed by atoms with Gasteiger partial charge in [0.05, 0.1) is 10.7 Å². The van der Waals surface area contributed by atoms with Crippen LogP contribution < -0.4 is 5.73 Å². The molecule has 0 aliphatic heterocycles. The number of pyridine rings is 2. The quantitative estimate of drug-likeness (QED) is 0.730. The Bertz CT molecular complexity index is 868. The Morgan fingerprint density at radius 3 is 2.70 bits per heavy atom. The molecule has 3 rings (SSSR count). The van der Waals surface area contributed by atoms with Crippen molar-refractivity contribution >= 4 is 17.4 Å². The van der Waals surface area contributed by atoms with Gasteiger partial charge in [0.2, 0.25) is 5.95 Å². The zero-order valence-corrected chi connectivity index (χ0v) is 12.7. The first-order valence-electron chi connectivity index (χ1n) is 6.84. The van der Waals surface area contributed by atoms with Gasteiger partial charge in [-0.15, -0.1) is 0 Å². The molecule has 3 aromatic rings. The lowest BCUT2D eigenvalue weighted by atomic mass is 10.00. The van der Waals surface area contributed by atoms with E-state index in [2.05, 4.69) is 9.97 Å². The fraction of sp³-hybridized carbons (Fsp3) is 0.0588. The molecule has 23 heavy (non-hydrogen) atoms. The minimum absolute atomic E-state index is 0.269. The second kappa shape index (κ2) is 6.30. The maximum Gasteiger partial charge on any atom is 0.213 e. The molecule has 0 spiro atoms. The average molecular weight is 332 g/mol. The molecule has 0 atom stereocenters. The highest BCUT2D eigenvalue weighted by Gasteiger charge is 2.13. The fourth-order valence-corrected chi connectivity index (χ4v) is 2.53. The highest BCUT2D eigenvalue weighted by molar-refractivity contribution is 6.33. The van der Waals surface area contributed by atoms with Crippen LogP contribution in [-0.4, -0.2) is 9.97 Å². The lowest BCUT2D eigenvalue weighted by Crippen LogP contribution is -2.00. The molecule has 2 N–H and O–H groups in total. The minimum atomic E-state index is -0.662. The fourth-order valence-electron chi connectivity index (χ4n) is 2.34. The summed E-state index contributed by atoms with van der Waals surface area (Å²) in [7, 11) is 0. The summed E-state index contributed by atoms with van der Waals surface area (Å²) in [4.78, 5) is 7.77. The standard InChI is InChI=1S/C17H12ClF2N3/c18-14-9-22-15(20)8-13(14)17-11(4-5-16(21)23-17)6-10-2-1-3-12(19)7-10/h1-5,7-9H,6H2,(H2,21,23). The molecule has 3 nitrogen and oxygen atoms in total. The van der Waals surface area contributed by atoms with Crippen LogP contribution in [0, 0.1) is 11.8 Å². The molecule has 0 aliphatic carbocycles. The third-order valence-electron chi connectivity index (χ3n) is 3.36. The van der Waals surface area contributed by atoms with E-state index in [4.69, 9.17) is 17.3 Å². The van der Waals surface area contributed by atoms with Gasteiger partial charge in [-0.3, -0.25) is 0 Å². The summed E-state index contributed by atoms with van der Waals surface area (Å²) in [6.07, 6.45) is 1.64. The smallest absolute Gasteiger partial charge is 0.213 e. The first kappa shape index (κ1) is 15.4. The molecule has 6 heteroatoms. The van der Waals surface area contributed by atoms with E-state index in [0.717, 1.165) is 11.1 Å². The van der Waals surface area contributed by atoms with Crippen molar-refractivity contribution in [3.63, 3.8) is 0 Å². The number of nitrogens with two attached hydrogens (primary N) is 1. The summed E-state index contributed by atoms with van der Waals surface area (Å²) in [5.41, 5.74) is 8.14. The van der Waals surface area contributed by atoms with Crippen molar-refractivity contribution in [2.45, 2.75) is 6.42 Å². The molecule has 0 amide bonds. The number of nitrogens with zero attached hydrogens (tertiary/aromatic N) is 2. The Hall–Kier alpha value is -2.53. The molecule has 2 heterocycles. The van der Waals surface area contributed by atoms with Crippen LogP contribution >= 0.6 is 11.6 Å². The summed E-state index contributed by atoms with van der Waals surface area (Å²) in [6, 6.07) is 10.9. The molecule has 1 aromatic carbocycles. The van der Waals surface area contributed by atoms with E-state index in [0.29, 0.717) is 17.7 Å². The Labute approximate surface area is 136 Å². The summed E-state index contributed by atoms with van der Waals surface area (Å²) >= 11 is 6.11. The Kier molecular flexibility index (Phi) is 4.21. The van der Waals surface area contributed by atoms with Crippen LogP contribution in [0.1, 0.15) is 11.1 Å². The van der Waals surface area contributed by atoms with E-state index < -0.39 is 5.95 Å². The maximum atomic E-state index is 13.5.